The van der Waals surface area contributed by atoms with Crippen molar-refractivity contribution in [2.75, 3.05) is 6.54 Å². The Morgan fingerprint density at radius 1 is 1.44 bits per heavy atom. The standard InChI is InChI=1S/C12H18N2O2/c1-3-4-5-6-13-12(16)10-8-14-9(2)7-11(10)15/h7-8H,3-6H2,1-2H3,(H,13,16)(H,14,15). The summed E-state index contributed by atoms with van der Waals surface area (Å²) in [6.45, 7) is 4.51. The zero-order chi connectivity index (χ0) is 12.0. The highest BCUT2D eigenvalue weighted by Gasteiger charge is 2.08. The van der Waals surface area contributed by atoms with Gasteiger partial charge in [0.05, 0.1) is 0 Å². The lowest BCUT2D eigenvalue weighted by Crippen LogP contribution is -2.29. The summed E-state index contributed by atoms with van der Waals surface area (Å²) >= 11 is 0. The van der Waals surface area contributed by atoms with Crippen molar-refractivity contribution in [2.45, 2.75) is 33.1 Å². The molecule has 0 atom stereocenters. The van der Waals surface area contributed by atoms with Gasteiger partial charge in [-0.25, -0.2) is 0 Å². The van der Waals surface area contributed by atoms with E-state index in [4.69, 9.17) is 0 Å². The molecular weight excluding hydrogens is 204 g/mol. The van der Waals surface area contributed by atoms with Crippen LogP contribution >= 0.6 is 0 Å². The molecule has 0 aromatic carbocycles. The van der Waals surface area contributed by atoms with E-state index in [1.807, 2.05) is 0 Å². The Morgan fingerprint density at radius 2 is 2.19 bits per heavy atom. The number of pyridine rings is 1. The first kappa shape index (κ1) is 12.5. The quantitative estimate of drug-likeness (QED) is 0.743. The average molecular weight is 222 g/mol. The molecule has 1 rings (SSSR count). The van der Waals surface area contributed by atoms with Gasteiger partial charge in [-0.2, -0.15) is 0 Å². The first-order valence-electron chi connectivity index (χ1n) is 5.62. The van der Waals surface area contributed by atoms with Crippen LogP contribution in [0, 0.1) is 6.92 Å². The van der Waals surface area contributed by atoms with E-state index in [1.165, 1.54) is 12.3 Å². The number of carbonyl (C=O) groups is 1. The minimum atomic E-state index is -0.294. The second-order valence-corrected chi connectivity index (χ2v) is 3.86. The van der Waals surface area contributed by atoms with Gasteiger partial charge in [-0.15, -0.1) is 0 Å². The van der Waals surface area contributed by atoms with E-state index in [1.54, 1.807) is 6.92 Å². The number of H-pyrrole nitrogens is 1. The van der Waals surface area contributed by atoms with Gasteiger partial charge in [-0.3, -0.25) is 9.59 Å². The number of aromatic amines is 1. The number of unbranched alkanes of at least 4 members (excludes halogenated alkanes) is 2. The van der Waals surface area contributed by atoms with Crippen LogP contribution in [-0.4, -0.2) is 17.4 Å². The van der Waals surface area contributed by atoms with Crippen LogP contribution in [0.2, 0.25) is 0 Å². The summed E-state index contributed by atoms with van der Waals surface area (Å²) in [4.78, 5) is 26.0. The van der Waals surface area contributed by atoms with Crippen molar-refractivity contribution in [3.8, 4) is 0 Å². The molecule has 1 heterocycles. The summed E-state index contributed by atoms with van der Waals surface area (Å²) in [7, 11) is 0. The van der Waals surface area contributed by atoms with E-state index >= 15 is 0 Å². The fourth-order valence-electron chi connectivity index (χ4n) is 1.42. The Kier molecular flexibility index (Phi) is 4.76. The molecule has 2 N–H and O–H groups in total. The summed E-state index contributed by atoms with van der Waals surface area (Å²) in [5.74, 6) is -0.294. The average Bonchev–Trinajstić information content (AvgIpc) is 2.24. The molecular formula is C12H18N2O2. The molecule has 4 heteroatoms. The lowest BCUT2D eigenvalue weighted by molar-refractivity contribution is 0.0951. The molecule has 1 aromatic heterocycles. The highest BCUT2D eigenvalue weighted by molar-refractivity contribution is 5.93. The number of aromatic nitrogens is 1. The van der Waals surface area contributed by atoms with E-state index in [2.05, 4.69) is 17.2 Å². The Hall–Kier alpha value is -1.58. The third-order valence-corrected chi connectivity index (χ3v) is 2.37. The second-order valence-electron chi connectivity index (χ2n) is 3.86. The first-order valence-corrected chi connectivity index (χ1v) is 5.62. The third kappa shape index (κ3) is 3.53. The van der Waals surface area contributed by atoms with Crippen molar-refractivity contribution in [3.05, 3.63) is 33.7 Å². The Balaban J connectivity index is 2.56. The number of aryl methyl sites for hydroxylation is 1. The molecule has 0 aliphatic heterocycles. The summed E-state index contributed by atoms with van der Waals surface area (Å²) in [6, 6.07) is 1.43. The lowest BCUT2D eigenvalue weighted by Gasteiger charge is -2.04. The monoisotopic (exact) mass is 222 g/mol. The summed E-state index contributed by atoms with van der Waals surface area (Å²) < 4.78 is 0. The maximum absolute atomic E-state index is 11.6. The van der Waals surface area contributed by atoms with Crippen molar-refractivity contribution in [1.82, 2.24) is 10.3 Å². The SMILES string of the molecule is CCCCCNC(=O)c1c[nH]c(C)cc1=O. The van der Waals surface area contributed by atoms with Crippen LogP contribution in [0.25, 0.3) is 0 Å². The van der Waals surface area contributed by atoms with E-state index in [-0.39, 0.29) is 16.9 Å². The predicted octanol–water partition coefficient (Wildman–Crippen LogP) is 1.60. The van der Waals surface area contributed by atoms with E-state index in [9.17, 15) is 9.59 Å². The van der Waals surface area contributed by atoms with Crippen LogP contribution in [0.1, 0.15) is 42.2 Å². The first-order chi connectivity index (χ1) is 7.65. The van der Waals surface area contributed by atoms with Crippen molar-refractivity contribution >= 4 is 5.91 Å². The largest absolute Gasteiger partial charge is 0.364 e. The lowest BCUT2D eigenvalue weighted by atomic mass is 10.2. The molecule has 16 heavy (non-hydrogen) atoms. The fraction of sp³-hybridized carbons (Fsp3) is 0.500. The van der Waals surface area contributed by atoms with Gasteiger partial charge in [0.2, 0.25) is 0 Å². The molecule has 1 amide bonds. The van der Waals surface area contributed by atoms with E-state index < -0.39 is 0 Å². The van der Waals surface area contributed by atoms with Gasteiger partial charge in [-0.05, 0) is 13.3 Å². The van der Waals surface area contributed by atoms with Crippen molar-refractivity contribution in [3.63, 3.8) is 0 Å². The van der Waals surface area contributed by atoms with Crippen LogP contribution in [0.3, 0.4) is 0 Å². The zero-order valence-electron chi connectivity index (χ0n) is 9.80. The molecule has 0 unspecified atom stereocenters. The predicted molar refractivity (Wildman–Crippen MR) is 63.7 cm³/mol. The van der Waals surface area contributed by atoms with Crippen molar-refractivity contribution < 1.29 is 4.79 Å². The van der Waals surface area contributed by atoms with Gasteiger partial charge < -0.3 is 10.3 Å². The maximum Gasteiger partial charge on any atom is 0.256 e. The molecule has 1 aromatic rings. The molecule has 0 aliphatic rings. The number of amides is 1. The summed E-state index contributed by atoms with van der Waals surface area (Å²) in [6.07, 6.45) is 4.62. The molecule has 0 bridgehead atoms. The normalized spacial score (nSPS) is 10.1. The van der Waals surface area contributed by atoms with Crippen LogP contribution in [0.15, 0.2) is 17.1 Å². The molecule has 0 radical (unpaired) electrons. The molecule has 0 spiro atoms. The maximum atomic E-state index is 11.6. The van der Waals surface area contributed by atoms with Crippen LogP contribution in [0.4, 0.5) is 0 Å². The van der Waals surface area contributed by atoms with Gasteiger partial charge in [-0.1, -0.05) is 19.8 Å². The smallest absolute Gasteiger partial charge is 0.256 e. The van der Waals surface area contributed by atoms with Gasteiger partial charge >= 0.3 is 0 Å². The van der Waals surface area contributed by atoms with Gasteiger partial charge in [0.15, 0.2) is 5.43 Å². The Morgan fingerprint density at radius 3 is 2.81 bits per heavy atom. The second kappa shape index (κ2) is 6.10. The summed E-state index contributed by atoms with van der Waals surface area (Å²) in [5.41, 5.74) is 0.707. The molecule has 0 saturated carbocycles. The Bertz CT molecular complexity index is 410. The number of rotatable bonds is 5. The molecule has 0 saturated heterocycles. The zero-order valence-corrected chi connectivity index (χ0v) is 9.80. The van der Waals surface area contributed by atoms with Crippen LogP contribution in [-0.2, 0) is 0 Å². The highest BCUT2D eigenvalue weighted by atomic mass is 16.2. The van der Waals surface area contributed by atoms with Gasteiger partial charge in [0.25, 0.3) is 5.91 Å². The number of carbonyl (C=O) groups excluding carboxylic acids is 1. The number of hydrogen-bond acceptors (Lipinski definition) is 2. The minimum absolute atomic E-state index is 0.182. The molecule has 0 fully saturated rings. The minimum Gasteiger partial charge on any atom is -0.364 e. The third-order valence-electron chi connectivity index (χ3n) is 2.37. The van der Waals surface area contributed by atoms with Crippen molar-refractivity contribution in [1.29, 1.82) is 0 Å². The summed E-state index contributed by atoms with van der Waals surface area (Å²) in [5, 5.41) is 2.74. The molecule has 88 valence electrons. The number of hydrogen-bond donors (Lipinski definition) is 2. The van der Waals surface area contributed by atoms with E-state index in [0.29, 0.717) is 6.54 Å². The van der Waals surface area contributed by atoms with Crippen LogP contribution in [0.5, 0.6) is 0 Å². The topological polar surface area (TPSA) is 62.0 Å². The fourth-order valence-corrected chi connectivity index (χ4v) is 1.42. The molecule has 0 aliphatic carbocycles. The van der Waals surface area contributed by atoms with E-state index in [0.717, 1.165) is 25.0 Å². The molecule has 4 nitrogen and oxygen atoms in total. The number of nitrogens with one attached hydrogen (secondary N) is 2. The highest BCUT2D eigenvalue weighted by Crippen LogP contribution is 1.94. The van der Waals surface area contributed by atoms with Gasteiger partial charge in [0.1, 0.15) is 5.56 Å². The van der Waals surface area contributed by atoms with Crippen molar-refractivity contribution in [2.24, 2.45) is 0 Å². The van der Waals surface area contributed by atoms with Crippen LogP contribution < -0.4 is 10.7 Å². The van der Waals surface area contributed by atoms with Gasteiger partial charge in [0, 0.05) is 24.5 Å². The Labute approximate surface area is 95.1 Å².